The first-order valence-corrected chi connectivity index (χ1v) is 10.4. The number of thioether (sulfide) groups is 1. The standard InChI is InChI=1S/C19H25N5OS/c25-18(24-9-7-17(8-10-24)20-11-14-1-2-14)16-5-3-15(4-6-16)12-26-19-21-13-22-23-19/h3-6,13-14,17,20H,1-2,7-12H2,(H,21,22,23). The zero-order chi connectivity index (χ0) is 17.8. The van der Waals surface area contributed by atoms with Crippen LogP contribution in [0.4, 0.5) is 0 Å². The maximum absolute atomic E-state index is 12.7. The van der Waals surface area contributed by atoms with Crippen LogP contribution in [-0.4, -0.2) is 51.7 Å². The Morgan fingerprint density at radius 2 is 1.96 bits per heavy atom. The van der Waals surface area contributed by atoms with Crippen LogP contribution in [0.1, 0.15) is 41.6 Å². The highest BCUT2D eigenvalue weighted by atomic mass is 32.2. The highest BCUT2D eigenvalue weighted by Gasteiger charge is 2.26. The van der Waals surface area contributed by atoms with E-state index in [1.54, 1.807) is 11.8 Å². The molecule has 0 radical (unpaired) electrons. The van der Waals surface area contributed by atoms with Crippen molar-refractivity contribution in [2.75, 3.05) is 19.6 Å². The van der Waals surface area contributed by atoms with Gasteiger partial charge in [0.05, 0.1) is 0 Å². The second-order valence-electron chi connectivity index (χ2n) is 7.19. The molecule has 2 aliphatic rings. The molecule has 6 nitrogen and oxygen atoms in total. The van der Waals surface area contributed by atoms with E-state index in [2.05, 4.69) is 20.5 Å². The van der Waals surface area contributed by atoms with Gasteiger partial charge in [-0.25, -0.2) is 4.98 Å². The summed E-state index contributed by atoms with van der Waals surface area (Å²) >= 11 is 1.60. The average molecular weight is 372 g/mol. The molecule has 1 aromatic heterocycles. The first-order chi connectivity index (χ1) is 12.8. The van der Waals surface area contributed by atoms with Gasteiger partial charge in [0.25, 0.3) is 5.91 Å². The Balaban J connectivity index is 1.25. The number of H-pyrrole nitrogens is 1. The Hall–Kier alpha value is -1.86. The summed E-state index contributed by atoms with van der Waals surface area (Å²) in [7, 11) is 0. The topological polar surface area (TPSA) is 73.9 Å². The molecule has 0 bridgehead atoms. The van der Waals surface area contributed by atoms with Gasteiger partial charge in [0.2, 0.25) is 0 Å². The largest absolute Gasteiger partial charge is 0.339 e. The molecule has 2 N–H and O–H groups in total. The number of likely N-dealkylation sites (tertiary alicyclic amines) is 1. The van der Waals surface area contributed by atoms with E-state index in [1.807, 2.05) is 29.2 Å². The van der Waals surface area contributed by atoms with Crippen LogP contribution in [-0.2, 0) is 5.75 Å². The monoisotopic (exact) mass is 371 g/mol. The van der Waals surface area contributed by atoms with E-state index in [4.69, 9.17) is 0 Å². The summed E-state index contributed by atoms with van der Waals surface area (Å²) in [6.45, 7) is 2.86. The Morgan fingerprint density at radius 1 is 1.19 bits per heavy atom. The summed E-state index contributed by atoms with van der Waals surface area (Å²) in [4.78, 5) is 18.8. The van der Waals surface area contributed by atoms with E-state index in [0.29, 0.717) is 6.04 Å². The lowest BCUT2D eigenvalue weighted by molar-refractivity contribution is 0.0705. The van der Waals surface area contributed by atoms with Crippen molar-refractivity contribution in [1.29, 1.82) is 0 Å². The fourth-order valence-electron chi connectivity index (χ4n) is 3.28. The summed E-state index contributed by atoms with van der Waals surface area (Å²) in [5, 5.41) is 11.2. The van der Waals surface area contributed by atoms with Crippen LogP contribution in [0.5, 0.6) is 0 Å². The van der Waals surface area contributed by atoms with Crippen molar-refractivity contribution in [2.24, 2.45) is 5.92 Å². The van der Waals surface area contributed by atoms with Crippen LogP contribution >= 0.6 is 11.8 Å². The van der Waals surface area contributed by atoms with Crippen LogP contribution in [0, 0.1) is 5.92 Å². The third kappa shape index (κ3) is 4.65. The van der Waals surface area contributed by atoms with Gasteiger partial charge in [0.15, 0.2) is 5.16 Å². The average Bonchev–Trinajstić information content (AvgIpc) is 3.38. The number of nitrogens with one attached hydrogen (secondary N) is 2. The summed E-state index contributed by atoms with van der Waals surface area (Å²) in [6.07, 6.45) is 6.40. The molecule has 1 aliphatic carbocycles. The molecular formula is C19H25N5OS. The molecule has 2 fully saturated rings. The first-order valence-electron chi connectivity index (χ1n) is 9.37. The van der Waals surface area contributed by atoms with Crippen LogP contribution in [0.15, 0.2) is 35.7 Å². The maximum atomic E-state index is 12.7. The predicted molar refractivity (Wildman–Crippen MR) is 102 cm³/mol. The van der Waals surface area contributed by atoms with Crippen LogP contribution < -0.4 is 5.32 Å². The molecule has 0 atom stereocenters. The van der Waals surface area contributed by atoms with Crippen LogP contribution in [0.2, 0.25) is 0 Å². The van der Waals surface area contributed by atoms with Gasteiger partial charge < -0.3 is 10.2 Å². The lowest BCUT2D eigenvalue weighted by Crippen LogP contribution is -2.45. The number of amides is 1. The normalized spacial score (nSPS) is 18.2. The van der Waals surface area contributed by atoms with Crippen molar-refractivity contribution in [3.05, 3.63) is 41.7 Å². The van der Waals surface area contributed by atoms with E-state index in [-0.39, 0.29) is 5.91 Å². The van der Waals surface area contributed by atoms with Gasteiger partial charge >= 0.3 is 0 Å². The fraction of sp³-hybridized carbons (Fsp3) is 0.526. The van der Waals surface area contributed by atoms with Gasteiger partial charge in [-0.2, -0.15) is 5.10 Å². The number of benzene rings is 1. The lowest BCUT2D eigenvalue weighted by atomic mass is 10.0. The van der Waals surface area contributed by atoms with Crippen molar-refractivity contribution in [3.8, 4) is 0 Å². The molecule has 26 heavy (non-hydrogen) atoms. The highest BCUT2D eigenvalue weighted by molar-refractivity contribution is 7.98. The maximum Gasteiger partial charge on any atom is 0.253 e. The van der Waals surface area contributed by atoms with Gasteiger partial charge in [-0.1, -0.05) is 23.9 Å². The van der Waals surface area contributed by atoms with E-state index in [0.717, 1.165) is 54.9 Å². The molecule has 138 valence electrons. The van der Waals surface area contributed by atoms with Gasteiger partial charge in [0.1, 0.15) is 6.33 Å². The van der Waals surface area contributed by atoms with Crippen molar-refractivity contribution in [1.82, 2.24) is 25.4 Å². The number of piperidine rings is 1. The van der Waals surface area contributed by atoms with E-state index >= 15 is 0 Å². The minimum Gasteiger partial charge on any atom is -0.339 e. The predicted octanol–water partition coefficient (Wildman–Crippen LogP) is 2.70. The summed E-state index contributed by atoms with van der Waals surface area (Å²) in [5.41, 5.74) is 1.95. The zero-order valence-electron chi connectivity index (χ0n) is 14.9. The number of carbonyl (C=O) groups is 1. The number of carbonyl (C=O) groups excluding carboxylic acids is 1. The van der Waals surface area contributed by atoms with Crippen molar-refractivity contribution >= 4 is 17.7 Å². The summed E-state index contributed by atoms with van der Waals surface area (Å²) in [6, 6.07) is 8.52. The third-order valence-corrected chi connectivity index (χ3v) is 6.09. The fourth-order valence-corrected chi connectivity index (χ4v) is 4.02. The number of aromatic amines is 1. The van der Waals surface area contributed by atoms with Gasteiger partial charge in [-0.3, -0.25) is 9.89 Å². The molecule has 1 aliphatic heterocycles. The van der Waals surface area contributed by atoms with E-state index in [9.17, 15) is 4.79 Å². The minimum atomic E-state index is 0.153. The third-order valence-electron chi connectivity index (χ3n) is 5.14. The zero-order valence-corrected chi connectivity index (χ0v) is 15.7. The number of hydrogen-bond donors (Lipinski definition) is 2. The first kappa shape index (κ1) is 17.5. The van der Waals surface area contributed by atoms with Gasteiger partial charge in [-0.05, 0) is 55.8 Å². The Kier molecular flexibility index (Phi) is 5.55. The molecular weight excluding hydrogens is 346 g/mol. The van der Waals surface area contributed by atoms with E-state index < -0.39 is 0 Å². The lowest BCUT2D eigenvalue weighted by Gasteiger charge is -2.32. The summed E-state index contributed by atoms with van der Waals surface area (Å²) < 4.78 is 0. The Bertz CT molecular complexity index is 706. The summed E-state index contributed by atoms with van der Waals surface area (Å²) in [5.74, 6) is 1.87. The molecule has 1 aromatic carbocycles. The Labute approximate surface area is 158 Å². The van der Waals surface area contributed by atoms with Crippen molar-refractivity contribution in [2.45, 2.75) is 42.6 Å². The van der Waals surface area contributed by atoms with Crippen molar-refractivity contribution < 1.29 is 4.79 Å². The molecule has 1 saturated heterocycles. The highest BCUT2D eigenvalue weighted by Crippen LogP contribution is 2.28. The molecule has 0 spiro atoms. The smallest absolute Gasteiger partial charge is 0.253 e. The number of aromatic nitrogens is 3. The molecule has 2 heterocycles. The Morgan fingerprint density at radius 3 is 2.62 bits per heavy atom. The quantitative estimate of drug-likeness (QED) is 0.732. The van der Waals surface area contributed by atoms with Crippen LogP contribution in [0.25, 0.3) is 0 Å². The minimum absolute atomic E-state index is 0.153. The molecule has 7 heteroatoms. The van der Waals surface area contributed by atoms with Crippen molar-refractivity contribution in [3.63, 3.8) is 0 Å². The van der Waals surface area contributed by atoms with Gasteiger partial charge in [0, 0.05) is 30.4 Å². The molecule has 2 aromatic rings. The number of hydrogen-bond acceptors (Lipinski definition) is 5. The molecule has 1 saturated carbocycles. The molecule has 1 amide bonds. The number of rotatable bonds is 7. The second-order valence-corrected chi connectivity index (χ2v) is 8.16. The SMILES string of the molecule is O=C(c1ccc(CSc2ncn[nH]2)cc1)N1CCC(NCC2CC2)CC1. The molecule has 0 unspecified atom stereocenters. The van der Waals surface area contributed by atoms with Crippen LogP contribution in [0.3, 0.4) is 0 Å². The molecule has 4 rings (SSSR count). The number of nitrogens with zero attached hydrogens (tertiary/aromatic N) is 3. The van der Waals surface area contributed by atoms with E-state index in [1.165, 1.54) is 24.7 Å². The van der Waals surface area contributed by atoms with Gasteiger partial charge in [-0.15, -0.1) is 0 Å². The second kappa shape index (κ2) is 8.22.